The minimum Gasteiger partial charge on any atom is -0.493 e. The van der Waals surface area contributed by atoms with Gasteiger partial charge in [-0.2, -0.15) is 0 Å². The molecule has 0 radical (unpaired) electrons. The number of para-hydroxylation sites is 1. The molecule has 2 rings (SSSR count). The Bertz CT molecular complexity index is 564. The van der Waals surface area contributed by atoms with Gasteiger partial charge in [-0.05, 0) is 12.5 Å². The van der Waals surface area contributed by atoms with Crippen LogP contribution < -0.4 is 9.47 Å². The number of thioether (sulfide) groups is 1. The number of amides is 1. The molecule has 1 aromatic rings. The molecule has 1 fully saturated rings. The Labute approximate surface area is 162 Å². The molecule has 1 amide bonds. The van der Waals surface area contributed by atoms with Crippen LogP contribution in [0.2, 0.25) is 0 Å². The van der Waals surface area contributed by atoms with Crippen molar-refractivity contribution in [3.05, 3.63) is 23.8 Å². The topological polar surface area (TPSA) is 38.8 Å². The van der Waals surface area contributed by atoms with Crippen LogP contribution in [0.5, 0.6) is 11.5 Å². The molecule has 0 saturated carbocycles. The summed E-state index contributed by atoms with van der Waals surface area (Å²) in [4.78, 5) is 14.8. The van der Waals surface area contributed by atoms with Gasteiger partial charge in [-0.15, -0.1) is 11.8 Å². The van der Waals surface area contributed by atoms with E-state index in [0.29, 0.717) is 6.42 Å². The normalized spacial score (nSPS) is 16.7. The number of rotatable bonds is 11. The number of hydrogen-bond donors (Lipinski definition) is 0. The lowest BCUT2D eigenvalue weighted by molar-refractivity contribution is -0.131. The van der Waals surface area contributed by atoms with E-state index < -0.39 is 0 Å². The van der Waals surface area contributed by atoms with Gasteiger partial charge >= 0.3 is 0 Å². The molecule has 1 saturated heterocycles. The van der Waals surface area contributed by atoms with Crippen LogP contribution in [0.3, 0.4) is 0 Å². The van der Waals surface area contributed by atoms with Gasteiger partial charge in [0.25, 0.3) is 0 Å². The molecule has 0 N–H and O–H groups in total. The van der Waals surface area contributed by atoms with Crippen molar-refractivity contribution in [3.8, 4) is 11.5 Å². The van der Waals surface area contributed by atoms with Crippen molar-refractivity contribution < 1.29 is 14.3 Å². The molecule has 0 bridgehead atoms. The van der Waals surface area contributed by atoms with Crippen molar-refractivity contribution in [3.63, 3.8) is 0 Å². The molecule has 1 unspecified atom stereocenters. The molecule has 1 atom stereocenters. The van der Waals surface area contributed by atoms with Crippen molar-refractivity contribution in [1.29, 1.82) is 0 Å². The van der Waals surface area contributed by atoms with E-state index in [4.69, 9.17) is 9.47 Å². The van der Waals surface area contributed by atoms with Crippen LogP contribution in [0.1, 0.15) is 69.2 Å². The largest absolute Gasteiger partial charge is 0.493 e. The fourth-order valence-corrected chi connectivity index (χ4v) is 4.76. The predicted molar refractivity (Wildman–Crippen MR) is 109 cm³/mol. The van der Waals surface area contributed by atoms with E-state index in [0.717, 1.165) is 42.2 Å². The Hall–Kier alpha value is -1.36. The fourth-order valence-electron chi connectivity index (χ4n) is 3.47. The first-order chi connectivity index (χ1) is 12.7. The Kier molecular flexibility index (Phi) is 9.16. The smallest absolute Gasteiger partial charge is 0.223 e. The highest BCUT2D eigenvalue weighted by Gasteiger charge is 2.32. The van der Waals surface area contributed by atoms with E-state index in [2.05, 4.69) is 6.92 Å². The monoisotopic (exact) mass is 379 g/mol. The second-order valence-corrected chi connectivity index (χ2v) is 7.95. The summed E-state index contributed by atoms with van der Waals surface area (Å²) in [7, 11) is 3.30. The van der Waals surface area contributed by atoms with Gasteiger partial charge in [0.1, 0.15) is 5.37 Å². The lowest BCUT2D eigenvalue weighted by atomic mass is 10.1. The zero-order valence-electron chi connectivity index (χ0n) is 16.5. The minimum atomic E-state index is 0.0251. The highest BCUT2D eigenvalue weighted by Crippen LogP contribution is 2.45. The average molecular weight is 380 g/mol. The van der Waals surface area contributed by atoms with Gasteiger partial charge in [-0.1, -0.05) is 57.6 Å². The molecule has 1 aliphatic rings. The second-order valence-electron chi connectivity index (χ2n) is 6.76. The van der Waals surface area contributed by atoms with Crippen molar-refractivity contribution in [2.24, 2.45) is 0 Å². The second kappa shape index (κ2) is 11.4. The Morgan fingerprint density at radius 2 is 1.85 bits per heavy atom. The molecular formula is C21H33NO3S. The van der Waals surface area contributed by atoms with Crippen LogP contribution >= 0.6 is 11.8 Å². The van der Waals surface area contributed by atoms with E-state index in [-0.39, 0.29) is 11.3 Å². The zero-order valence-corrected chi connectivity index (χ0v) is 17.3. The summed E-state index contributed by atoms with van der Waals surface area (Å²) in [5.41, 5.74) is 1.03. The van der Waals surface area contributed by atoms with Crippen molar-refractivity contribution >= 4 is 17.7 Å². The van der Waals surface area contributed by atoms with Crippen molar-refractivity contribution in [1.82, 2.24) is 4.90 Å². The first-order valence-corrected chi connectivity index (χ1v) is 10.9. The lowest BCUT2D eigenvalue weighted by Gasteiger charge is -2.26. The number of ether oxygens (including phenoxy) is 2. The first-order valence-electron chi connectivity index (χ1n) is 9.84. The standard InChI is InChI=1S/C21H33NO3S/c1-4-5-6-7-8-9-10-14-19(23)22-15-16-26-21(22)17-12-11-13-18(24-2)20(17)25-3/h11-13,21H,4-10,14-16H2,1-3H3. The SMILES string of the molecule is CCCCCCCCCC(=O)N1CCSC1c1cccc(OC)c1OC. The van der Waals surface area contributed by atoms with E-state index in [9.17, 15) is 4.79 Å². The third kappa shape index (κ3) is 5.57. The van der Waals surface area contributed by atoms with E-state index >= 15 is 0 Å². The van der Waals surface area contributed by atoms with Crippen molar-refractivity contribution in [2.75, 3.05) is 26.5 Å². The van der Waals surface area contributed by atoms with Crippen LogP contribution in [0.25, 0.3) is 0 Å². The zero-order chi connectivity index (χ0) is 18.8. The number of methoxy groups -OCH3 is 2. The third-order valence-electron chi connectivity index (χ3n) is 4.90. The van der Waals surface area contributed by atoms with Gasteiger partial charge < -0.3 is 14.4 Å². The summed E-state index contributed by atoms with van der Waals surface area (Å²) < 4.78 is 11.0. The molecule has 1 aromatic carbocycles. The number of nitrogens with zero attached hydrogens (tertiary/aromatic N) is 1. The predicted octanol–water partition coefficient (Wildman–Crippen LogP) is 5.42. The van der Waals surface area contributed by atoms with Gasteiger partial charge in [-0.3, -0.25) is 4.79 Å². The van der Waals surface area contributed by atoms with E-state index in [1.54, 1.807) is 26.0 Å². The lowest BCUT2D eigenvalue weighted by Crippen LogP contribution is -2.30. The maximum absolute atomic E-state index is 12.8. The van der Waals surface area contributed by atoms with Gasteiger partial charge in [0.2, 0.25) is 5.91 Å². The highest BCUT2D eigenvalue weighted by molar-refractivity contribution is 7.99. The summed E-state index contributed by atoms with van der Waals surface area (Å²) >= 11 is 1.80. The molecule has 4 nitrogen and oxygen atoms in total. The average Bonchev–Trinajstić information content (AvgIpc) is 3.16. The third-order valence-corrected chi connectivity index (χ3v) is 6.15. The van der Waals surface area contributed by atoms with Crippen LogP contribution in [0, 0.1) is 0 Å². The highest BCUT2D eigenvalue weighted by atomic mass is 32.2. The summed E-state index contributed by atoms with van der Waals surface area (Å²) in [5, 5.41) is 0.0251. The molecule has 0 aromatic heterocycles. The summed E-state index contributed by atoms with van der Waals surface area (Å²) in [5.74, 6) is 2.69. The quantitative estimate of drug-likeness (QED) is 0.481. The number of unbranched alkanes of at least 4 members (excludes halogenated alkanes) is 6. The maximum Gasteiger partial charge on any atom is 0.223 e. The molecule has 0 spiro atoms. The Morgan fingerprint density at radius 1 is 1.12 bits per heavy atom. The number of carbonyl (C=O) groups is 1. The summed E-state index contributed by atoms with van der Waals surface area (Å²) in [6.45, 7) is 3.05. The molecule has 146 valence electrons. The number of carbonyl (C=O) groups excluding carboxylic acids is 1. The fraction of sp³-hybridized carbons (Fsp3) is 0.667. The van der Waals surface area contributed by atoms with Crippen LogP contribution in [-0.2, 0) is 4.79 Å². The van der Waals surface area contributed by atoms with Gasteiger partial charge in [-0.25, -0.2) is 0 Å². The van der Waals surface area contributed by atoms with Gasteiger partial charge in [0.15, 0.2) is 11.5 Å². The Balaban J connectivity index is 1.90. The van der Waals surface area contributed by atoms with Crippen LogP contribution in [0.15, 0.2) is 18.2 Å². The number of hydrogen-bond acceptors (Lipinski definition) is 4. The molecule has 5 heteroatoms. The molecule has 0 aliphatic carbocycles. The maximum atomic E-state index is 12.8. The van der Waals surface area contributed by atoms with Gasteiger partial charge in [0.05, 0.1) is 14.2 Å². The first kappa shape index (κ1) is 20.9. The van der Waals surface area contributed by atoms with Gasteiger partial charge in [0, 0.05) is 24.3 Å². The Morgan fingerprint density at radius 3 is 2.54 bits per heavy atom. The van der Waals surface area contributed by atoms with Crippen LogP contribution in [-0.4, -0.2) is 37.3 Å². The molecule has 1 heterocycles. The molecular weight excluding hydrogens is 346 g/mol. The van der Waals surface area contributed by atoms with Crippen LogP contribution in [0.4, 0.5) is 0 Å². The van der Waals surface area contributed by atoms with E-state index in [1.807, 2.05) is 23.1 Å². The number of benzene rings is 1. The summed E-state index contributed by atoms with van der Waals surface area (Å²) in [6.07, 6.45) is 9.27. The summed E-state index contributed by atoms with van der Waals surface area (Å²) in [6, 6.07) is 5.90. The molecule has 1 aliphatic heterocycles. The molecule has 26 heavy (non-hydrogen) atoms. The van der Waals surface area contributed by atoms with Crippen molar-refractivity contribution in [2.45, 2.75) is 63.7 Å². The minimum absolute atomic E-state index is 0.0251. The van der Waals surface area contributed by atoms with E-state index in [1.165, 1.54) is 32.1 Å².